The molecule has 1 unspecified atom stereocenters. The minimum Gasteiger partial charge on any atom is -0.488 e. The molecular weight excluding hydrogens is 250 g/mol. The molecule has 5 heteroatoms. The van der Waals surface area contributed by atoms with Crippen molar-refractivity contribution in [2.45, 2.75) is 12.5 Å². The Labute approximate surface area is 109 Å². The first-order chi connectivity index (χ1) is 9.19. The highest BCUT2D eigenvalue weighted by Crippen LogP contribution is 2.39. The van der Waals surface area contributed by atoms with E-state index in [-0.39, 0.29) is 11.8 Å². The maximum absolute atomic E-state index is 13.8. The van der Waals surface area contributed by atoms with E-state index in [1.165, 1.54) is 30.5 Å². The van der Waals surface area contributed by atoms with Gasteiger partial charge in [0.05, 0.1) is 0 Å². The van der Waals surface area contributed by atoms with Crippen LogP contribution in [-0.2, 0) is 6.42 Å². The van der Waals surface area contributed by atoms with Crippen molar-refractivity contribution in [3.63, 3.8) is 0 Å². The predicted molar refractivity (Wildman–Crippen MR) is 66.8 cm³/mol. The van der Waals surface area contributed by atoms with Crippen LogP contribution in [0.3, 0.4) is 0 Å². The van der Waals surface area contributed by atoms with Crippen molar-refractivity contribution in [2.24, 2.45) is 5.73 Å². The Kier molecular flexibility index (Phi) is 2.91. The quantitative estimate of drug-likeness (QED) is 0.903. The molecule has 0 bridgehead atoms. The van der Waals surface area contributed by atoms with Crippen LogP contribution >= 0.6 is 0 Å². The van der Waals surface area contributed by atoms with Gasteiger partial charge < -0.3 is 10.5 Å². The van der Waals surface area contributed by atoms with Crippen molar-refractivity contribution < 1.29 is 13.5 Å². The van der Waals surface area contributed by atoms with E-state index in [4.69, 9.17) is 10.5 Å². The Morgan fingerprint density at radius 2 is 2.21 bits per heavy atom. The van der Waals surface area contributed by atoms with Gasteiger partial charge in [-0.05, 0) is 24.3 Å². The zero-order valence-corrected chi connectivity index (χ0v) is 10.1. The number of hydrogen-bond acceptors (Lipinski definition) is 3. The third-order valence-corrected chi connectivity index (χ3v) is 3.14. The highest BCUT2D eigenvalue weighted by Gasteiger charge is 2.27. The monoisotopic (exact) mass is 262 g/mol. The fourth-order valence-electron chi connectivity index (χ4n) is 2.29. The molecule has 98 valence electrons. The largest absolute Gasteiger partial charge is 0.488 e. The molecule has 2 aromatic rings. The van der Waals surface area contributed by atoms with Gasteiger partial charge in [-0.2, -0.15) is 0 Å². The second kappa shape index (κ2) is 4.59. The molecule has 1 atom stereocenters. The first-order valence-corrected chi connectivity index (χ1v) is 5.99. The fourth-order valence-corrected chi connectivity index (χ4v) is 2.29. The SMILES string of the molecule is NCC1Cc2cc(F)cc(-c3ncccc3F)c2O1. The first kappa shape index (κ1) is 12.0. The van der Waals surface area contributed by atoms with Crippen LogP contribution in [0.4, 0.5) is 8.78 Å². The minimum absolute atomic E-state index is 0.0934. The summed E-state index contributed by atoms with van der Waals surface area (Å²) >= 11 is 0. The predicted octanol–water partition coefficient (Wildman–Crippen LogP) is 2.29. The smallest absolute Gasteiger partial charge is 0.149 e. The molecule has 1 aromatic carbocycles. The molecule has 3 nitrogen and oxygen atoms in total. The summed E-state index contributed by atoms with van der Waals surface area (Å²) in [6, 6.07) is 5.41. The van der Waals surface area contributed by atoms with E-state index in [2.05, 4.69) is 4.98 Å². The minimum atomic E-state index is -0.505. The number of ether oxygens (including phenoxy) is 1. The second-order valence-electron chi connectivity index (χ2n) is 4.46. The molecular formula is C14H12F2N2O. The Balaban J connectivity index is 2.16. The van der Waals surface area contributed by atoms with E-state index in [0.29, 0.717) is 29.8 Å². The highest BCUT2D eigenvalue weighted by atomic mass is 19.1. The molecule has 0 spiro atoms. The number of hydrogen-bond donors (Lipinski definition) is 1. The molecule has 1 aromatic heterocycles. The fraction of sp³-hybridized carbons (Fsp3) is 0.214. The molecule has 0 amide bonds. The Hall–Kier alpha value is -2.01. The van der Waals surface area contributed by atoms with Crippen molar-refractivity contribution in [3.05, 3.63) is 47.7 Å². The van der Waals surface area contributed by atoms with Crippen LogP contribution in [0.15, 0.2) is 30.5 Å². The molecule has 0 saturated carbocycles. The van der Waals surface area contributed by atoms with Gasteiger partial charge in [-0.25, -0.2) is 8.78 Å². The van der Waals surface area contributed by atoms with Crippen molar-refractivity contribution in [1.82, 2.24) is 4.98 Å². The van der Waals surface area contributed by atoms with Crippen LogP contribution in [0.5, 0.6) is 5.75 Å². The van der Waals surface area contributed by atoms with Crippen LogP contribution in [0, 0.1) is 11.6 Å². The molecule has 0 saturated heterocycles. The molecule has 3 rings (SSSR count). The summed E-state index contributed by atoms with van der Waals surface area (Å²) in [5, 5.41) is 0. The normalized spacial score (nSPS) is 17.1. The summed E-state index contributed by atoms with van der Waals surface area (Å²) in [6.07, 6.45) is 1.80. The van der Waals surface area contributed by atoms with E-state index >= 15 is 0 Å². The number of aromatic nitrogens is 1. The molecule has 0 aliphatic carbocycles. The Morgan fingerprint density at radius 1 is 1.37 bits per heavy atom. The number of nitrogens with zero attached hydrogens (tertiary/aromatic N) is 1. The summed E-state index contributed by atoms with van der Waals surface area (Å²) in [5.41, 5.74) is 6.70. The average molecular weight is 262 g/mol. The van der Waals surface area contributed by atoms with Crippen LogP contribution < -0.4 is 10.5 Å². The van der Waals surface area contributed by atoms with Crippen molar-refractivity contribution in [3.8, 4) is 17.0 Å². The summed E-state index contributed by atoms with van der Waals surface area (Å²) < 4.78 is 33.1. The zero-order chi connectivity index (χ0) is 13.4. The van der Waals surface area contributed by atoms with Gasteiger partial charge in [-0.1, -0.05) is 0 Å². The summed E-state index contributed by atoms with van der Waals surface area (Å²) in [7, 11) is 0. The van der Waals surface area contributed by atoms with Gasteiger partial charge in [0.15, 0.2) is 0 Å². The summed E-state index contributed by atoms with van der Waals surface area (Å²) in [6.45, 7) is 0.334. The Bertz CT molecular complexity index is 631. The van der Waals surface area contributed by atoms with Gasteiger partial charge in [-0.3, -0.25) is 4.98 Å². The van der Waals surface area contributed by atoms with E-state index < -0.39 is 11.6 Å². The standard InChI is InChI=1S/C14H12F2N2O/c15-9-4-8-5-10(7-17)19-14(8)11(6-9)13-12(16)2-1-3-18-13/h1-4,6,10H,5,7,17H2. The average Bonchev–Trinajstić information content (AvgIpc) is 2.81. The van der Waals surface area contributed by atoms with E-state index in [0.717, 1.165) is 0 Å². The maximum atomic E-state index is 13.8. The van der Waals surface area contributed by atoms with Crippen LogP contribution in [-0.4, -0.2) is 17.6 Å². The summed E-state index contributed by atoms with van der Waals surface area (Å²) in [4.78, 5) is 3.97. The van der Waals surface area contributed by atoms with E-state index in [1.54, 1.807) is 0 Å². The molecule has 19 heavy (non-hydrogen) atoms. The highest BCUT2D eigenvalue weighted by molar-refractivity contribution is 5.70. The maximum Gasteiger partial charge on any atom is 0.149 e. The lowest BCUT2D eigenvalue weighted by atomic mass is 10.0. The van der Waals surface area contributed by atoms with Gasteiger partial charge in [0.1, 0.15) is 29.2 Å². The lowest BCUT2D eigenvalue weighted by Crippen LogP contribution is -2.24. The molecule has 0 radical (unpaired) electrons. The number of pyridine rings is 1. The number of benzene rings is 1. The second-order valence-corrected chi connectivity index (χ2v) is 4.46. The third kappa shape index (κ3) is 2.06. The van der Waals surface area contributed by atoms with Gasteiger partial charge in [0.25, 0.3) is 0 Å². The molecule has 1 aliphatic heterocycles. The van der Waals surface area contributed by atoms with Gasteiger partial charge in [-0.15, -0.1) is 0 Å². The molecule has 2 heterocycles. The third-order valence-electron chi connectivity index (χ3n) is 3.14. The van der Waals surface area contributed by atoms with Crippen LogP contribution in [0.1, 0.15) is 5.56 Å². The Morgan fingerprint density at radius 3 is 2.95 bits per heavy atom. The first-order valence-electron chi connectivity index (χ1n) is 5.99. The number of halogens is 2. The van der Waals surface area contributed by atoms with E-state index in [9.17, 15) is 8.78 Å². The number of nitrogens with two attached hydrogens (primary N) is 1. The van der Waals surface area contributed by atoms with Crippen molar-refractivity contribution in [2.75, 3.05) is 6.54 Å². The molecule has 0 fully saturated rings. The lowest BCUT2D eigenvalue weighted by Gasteiger charge is -2.11. The molecule has 1 aliphatic rings. The van der Waals surface area contributed by atoms with Crippen molar-refractivity contribution >= 4 is 0 Å². The van der Waals surface area contributed by atoms with Crippen LogP contribution in [0.2, 0.25) is 0 Å². The van der Waals surface area contributed by atoms with Gasteiger partial charge in [0.2, 0.25) is 0 Å². The number of fused-ring (bicyclic) bond motifs is 1. The number of rotatable bonds is 2. The topological polar surface area (TPSA) is 48.1 Å². The van der Waals surface area contributed by atoms with Crippen molar-refractivity contribution in [1.29, 1.82) is 0 Å². The van der Waals surface area contributed by atoms with E-state index in [1.807, 2.05) is 0 Å². The zero-order valence-electron chi connectivity index (χ0n) is 10.1. The lowest BCUT2D eigenvalue weighted by molar-refractivity contribution is 0.242. The van der Waals surface area contributed by atoms with Crippen LogP contribution in [0.25, 0.3) is 11.3 Å². The van der Waals surface area contributed by atoms with Gasteiger partial charge >= 0.3 is 0 Å². The summed E-state index contributed by atoms with van der Waals surface area (Å²) in [5.74, 6) is -0.454. The van der Waals surface area contributed by atoms with Gasteiger partial charge in [0, 0.05) is 30.3 Å². The molecule has 2 N–H and O–H groups in total.